The van der Waals surface area contributed by atoms with Crippen molar-refractivity contribution in [1.29, 1.82) is 0 Å². The summed E-state index contributed by atoms with van der Waals surface area (Å²) in [5.74, 6) is 1.22. The topological polar surface area (TPSA) is 78.3 Å². The van der Waals surface area contributed by atoms with Crippen LogP contribution in [0.5, 0.6) is 11.5 Å². The molecule has 0 aliphatic carbocycles. The van der Waals surface area contributed by atoms with E-state index < -0.39 is 0 Å². The number of methoxy groups -OCH3 is 1. The predicted octanol–water partition coefficient (Wildman–Crippen LogP) is 4.37. The van der Waals surface area contributed by atoms with Gasteiger partial charge in [0.25, 0.3) is 5.91 Å². The van der Waals surface area contributed by atoms with E-state index in [1.54, 1.807) is 11.9 Å². The third kappa shape index (κ3) is 4.66. The van der Waals surface area contributed by atoms with Gasteiger partial charge in [0.2, 0.25) is 0 Å². The number of nitrogens with zero attached hydrogens (tertiary/aromatic N) is 3. The van der Waals surface area contributed by atoms with Crippen LogP contribution in [-0.4, -0.2) is 34.6 Å². The third-order valence-corrected chi connectivity index (χ3v) is 4.87. The molecule has 1 amide bonds. The molecule has 0 radical (unpaired) electrons. The lowest BCUT2D eigenvalue weighted by Gasteiger charge is -2.10. The third-order valence-electron chi connectivity index (χ3n) is 4.87. The number of hydrogen-bond acceptors (Lipinski definition) is 5. The van der Waals surface area contributed by atoms with Gasteiger partial charge in [0.1, 0.15) is 22.5 Å². The van der Waals surface area contributed by atoms with Crippen LogP contribution in [0.4, 0.5) is 5.69 Å². The molecule has 0 spiro atoms. The van der Waals surface area contributed by atoms with Crippen LogP contribution >= 0.6 is 0 Å². The van der Waals surface area contributed by atoms with Crippen molar-refractivity contribution in [3.8, 4) is 17.2 Å². The minimum absolute atomic E-state index is 0.0705. The van der Waals surface area contributed by atoms with Gasteiger partial charge >= 0.3 is 0 Å². The molecular formula is C24H24N4O3. The Morgan fingerprint density at radius 1 is 0.903 bits per heavy atom. The first-order valence-corrected chi connectivity index (χ1v) is 9.94. The zero-order chi connectivity index (χ0) is 22.0. The van der Waals surface area contributed by atoms with Crippen molar-refractivity contribution in [1.82, 2.24) is 15.0 Å². The van der Waals surface area contributed by atoms with Gasteiger partial charge in [-0.3, -0.25) is 4.79 Å². The standard InChI is InChI=1S/C24H24N4O3/c1-15-9-16(2)11-20(10-15)31-14-24(29)25-21-13-23-22(12-17(21)3)26-28(27-23)18-5-7-19(30-4)8-6-18/h5-13H,14H2,1-4H3,(H,25,29). The predicted molar refractivity (Wildman–Crippen MR) is 120 cm³/mol. The molecule has 0 unspecified atom stereocenters. The van der Waals surface area contributed by atoms with Crippen molar-refractivity contribution in [2.75, 3.05) is 19.0 Å². The Bertz CT molecular complexity index is 1230. The molecule has 1 N–H and O–H groups in total. The first-order valence-electron chi connectivity index (χ1n) is 9.94. The number of ether oxygens (including phenoxy) is 2. The summed E-state index contributed by atoms with van der Waals surface area (Å²) < 4.78 is 10.8. The van der Waals surface area contributed by atoms with Crippen molar-refractivity contribution < 1.29 is 14.3 Å². The Morgan fingerprint density at radius 3 is 2.19 bits per heavy atom. The maximum atomic E-state index is 12.4. The van der Waals surface area contributed by atoms with Gasteiger partial charge in [-0.05, 0) is 86.0 Å². The summed E-state index contributed by atoms with van der Waals surface area (Å²) in [6.45, 7) is 5.85. The highest BCUT2D eigenvalue weighted by atomic mass is 16.5. The van der Waals surface area contributed by atoms with E-state index in [1.165, 1.54) is 0 Å². The lowest BCUT2D eigenvalue weighted by atomic mass is 10.1. The highest BCUT2D eigenvalue weighted by molar-refractivity contribution is 5.95. The van der Waals surface area contributed by atoms with E-state index in [0.29, 0.717) is 17.0 Å². The van der Waals surface area contributed by atoms with Crippen LogP contribution in [0.25, 0.3) is 16.7 Å². The minimum Gasteiger partial charge on any atom is -0.497 e. The monoisotopic (exact) mass is 416 g/mol. The molecule has 1 heterocycles. The quantitative estimate of drug-likeness (QED) is 0.505. The molecule has 0 atom stereocenters. The summed E-state index contributed by atoms with van der Waals surface area (Å²) in [6, 6.07) is 17.1. The molecular weight excluding hydrogens is 392 g/mol. The maximum Gasteiger partial charge on any atom is 0.262 e. The van der Waals surface area contributed by atoms with Crippen molar-refractivity contribution in [3.63, 3.8) is 0 Å². The number of anilines is 1. The highest BCUT2D eigenvalue weighted by Gasteiger charge is 2.11. The van der Waals surface area contributed by atoms with Crippen molar-refractivity contribution >= 4 is 22.6 Å². The number of aromatic nitrogens is 3. The average Bonchev–Trinajstić information content (AvgIpc) is 3.14. The summed E-state index contributed by atoms with van der Waals surface area (Å²) in [6.07, 6.45) is 0. The number of aryl methyl sites for hydroxylation is 3. The van der Waals surface area contributed by atoms with E-state index in [9.17, 15) is 4.79 Å². The molecule has 0 fully saturated rings. The second-order valence-electron chi connectivity index (χ2n) is 7.50. The largest absolute Gasteiger partial charge is 0.497 e. The molecule has 0 saturated carbocycles. The van der Waals surface area contributed by atoms with Crippen molar-refractivity contribution in [3.05, 3.63) is 71.3 Å². The highest BCUT2D eigenvalue weighted by Crippen LogP contribution is 2.23. The van der Waals surface area contributed by atoms with Crippen LogP contribution in [0, 0.1) is 20.8 Å². The van der Waals surface area contributed by atoms with Crippen molar-refractivity contribution in [2.45, 2.75) is 20.8 Å². The van der Waals surface area contributed by atoms with Gasteiger partial charge < -0.3 is 14.8 Å². The van der Waals surface area contributed by atoms with Gasteiger partial charge in [0, 0.05) is 5.69 Å². The first-order chi connectivity index (χ1) is 14.9. The summed E-state index contributed by atoms with van der Waals surface area (Å²) in [7, 11) is 1.63. The number of rotatable bonds is 6. The Hall–Kier alpha value is -3.87. The zero-order valence-electron chi connectivity index (χ0n) is 18.0. The number of benzene rings is 3. The van der Waals surface area contributed by atoms with E-state index in [4.69, 9.17) is 9.47 Å². The van der Waals surface area contributed by atoms with E-state index in [0.717, 1.165) is 33.6 Å². The van der Waals surface area contributed by atoms with E-state index in [2.05, 4.69) is 21.6 Å². The van der Waals surface area contributed by atoms with Crippen LogP contribution in [0.1, 0.15) is 16.7 Å². The molecule has 7 nitrogen and oxygen atoms in total. The lowest BCUT2D eigenvalue weighted by Crippen LogP contribution is -2.20. The first kappa shape index (κ1) is 20.4. The SMILES string of the molecule is COc1ccc(-n2nc3cc(C)c(NC(=O)COc4cc(C)cc(C)c4)cc3n2)cc1. The number of hydrogen-bond donors (Lipinski definition) is 1. The number of nitrogens with one attached hydrogen (secondary N) is 1. The van der Waals surface area contributed by atoms with Crippen molar-refractivity contribution in [2.24, 2.45) is 0 Å². The van der Waals surface area contributed by atoms with Gasteiger partial charge in [0.05, 0.1) is 12.8 Å². The van der Waals surface area contributed by atoms with E-state index >= 15 is 0 Å². The van der Waals surface area contributed by atoms with E-state index in [1.807, 2.05) is 69.3 Å². The molecule has 4 aromatic rings. The fraction of sp³-hybridized carbons (Fsp3) is 0.208. The van der Waals surface area contributed by atoms with Gasteiger partial charge in [-0.15, -0.1) is 10.2 Å². The average molecular weight is 416 g/mol. The Balaban J connectivity index is 1.49. The van der Waals surface area contributed by atoms with Crippen LogP contribution < -0.4 is 14.8 Å². The van der Waals surface area contributed by atoms with Crippen LogP contribution in [-0.2, 0) is 4.79 Å². The molecule has 0 aliphatic rings. The molecule has 0 aliphatic heterocycles. The second-order valence-corrected chi connectivity index (χ2v) is 7.50. The number of amides is 1. The molecule has 7 heteroatoms. The minimum atomic E-state index is -0.232. The molecule has 1 aromatic heterocycles. The van der Waals surface area contributed by atoms with E-state index in [-0.39, 0.29) is 12.5 Å². The Kier molecular flexibility index (Phi) is 5.58. The number of carbonyl (C=O) groups excluding carboxylic acids is 1. The zero-order valence-corrected chi connectivity index (χ0v) is 18.0. The molecule has 158 valence electrons. The summed E-state index contributed by atoms with van der Waals surface area (Å²) in [5.41, 5.74) is 6.03. The van der Waals surface area contributed by atoms with Crippen LogP contribution in [0.15, 0.2) is 54.6 Å². The normalized spacial score (nSPS) is 10.8. The molecule has 0 saturated heterocycles. The summed E-state index contributed by atoms with van der Waals surface area (Å²) >= 11 is 0. The van der Waals surface area contributed by atoms with Crippen LogP contribution in [0.3, 0.4) is 0 Å². The fourth-order valence-electron chi connectivity index (χ4n) is 3.39. The number of carbonyl (C=O) groups is 1. The summed E-state index contributed by atoms with van der Waals surface area (Å²) in [4.78, 5) is 14.0. The van der Waals surface area contributed by atoms with Gasteiger partial charge in [-0.1, -0.05) is 6.07 Å². The lowest BCUT2D eigenvalue weighted by molar-refractivity contribution is -0.118. The van der Waals surface area contributed by atoms with Gasteiger partial charge in [-0.2, -0.15) is 4.80 Å². The molecule has 3 aromatic carbocycles. The smallest absolute Gasteiger partial charge is 0.262 e. The summed E-state index contributed by atoms with van der Waals surface area (Å²) in [5, 5.41) is 12.0. The molecule has 31 heavy (non-hydrogen) atoms. The fourth-order valence-corrected chi connectivity index (χ4v) is 3.39. The van der Waals surface area contributed by atoms with Gasteiger partial charge in [0.15, 0.2) is 6.61 Å². The Labute approximate surface area is 180 Å². The molecule has 4 rings (SSSR count). The van der Waals surface area contributed by atoms with Crippen LogP contribution in [0.2, 0.25) is 0 Å². The second kappa shape index (κ2) is 8.47. The Morgan fingerprint density at radius 2 is 1.55 bits per heavy atom. The maximum absolute atomic E-state index is 12.4. The van der Waals surface area contributed by atoms with Gasteiger partial charge in [-0.25, -0.2) is 0 Å². The molecule has 0 bridgehead atoms. The number of fused-ring (bicyclic) bond motifs is 1.